The molecule has 4 heterocycles. The van der Waals surface area contributed by atoms with Gasteiger partial charge in [0.1, 0.15) is 22.2 Å². The molecule has 0 amide bonds. The molecule has 1 aliphatic heterocycles. The van der Waals surface area contributed by atoms with Crippen LogP contribution in [0.1, 0.15) is 35.9 Å². The normalized spacial score (nSPS) is 17.9. The van der Waals surface area contributed by atoms with Crippen LogP contribution in [-0.2, 0) is 10.0 Å². The molecule has 8 nitrogen and oxygen atoms in total. The first kappa shape index (κ1) is 19.5. The number of nitrogens with one attached hydrogen (secondary N) is 1. The standard InChI is InChI=1S/C20H23N5O3S/c1-14-20(15(2)28-24-14)29(26,27)25-12-6-7-16(13-25)17-8-5-10-19(22-17)23-18-9-3-4-11-21-18/h3-5,8-11,16H,6-7,12-13H2,1-2H3,(H,21,22,23)/t16-/m0/s1. The number of rotatable bonds is 5. The predicted molar refractivity (Wildman–Crippen MR) is 108 cm³/mol. The highest BCUT2D eigenvalue weighted by Crippen LogP contribution is 2.32. The van der Waals surface area contributed by atoms with Crippen molar-refractivity contribution in [3.05, 3.63) is 59.7 Å². The van der Waals surface area contributed by atoms with Gasteiger partial charge in [0.15, 0.2) is 5.76 Å². The Morgan fingerprint density at radius 2 is 1.97 bits per heavy atom. The molecule has 0 radical (unpaired) electrons. The topological polar surface area (TPSA) is 101 Å². The second-order valence-corrected chi connectivity index (χ2v) is 9.02. The Morgan fingerprint density at radius 3 is 2.69 bits per heavy atom. The highest BCUT2D eigenvalue weighted by Gasteiger charge is 2.35. The van der Waals surface area contributed by atoms with Crippen molar-refractivity contribution in [2.75, 3.05) is 18.4 Å². The largest absolute Gasteiger partial charge is 0.360 e. The summed E-state index contributed by atoms with van der Waals surface area (Å²) in [4.78, 5) is 9.13. The molecule has 3 aromatic heterocycles. The van der Waals surface area contributed by atoms with Crippen LogP contribution in [-0.4, -0.2) is 40.9 Å². The number of aromatic nitrogens is 3. The second kappa shape index (κ2) is 7.92. The number of hydrogen-bond acceptors (Lipinski definition) is 7. The molecule has 9 heteroatoms. The molecular formula is C20H23N5O3S. The van der Waals surface area contributed by atoms with Crippen LogP contribution in [0.15, 0.2) is 52.0 Å². The first-order chi connectivity index (χ1) is 13.9. The smallest absolute Gasteiger partial charge is 0.248 e. The van der Waals surface area contributed by atoms with Gasteiger partial charge in [-0.3, -0.25) is 0 Å². The van der Waals surface area contributed by atoms with Crippen molar-refractivity contribution in [2.24, 2.45) is 0 Å². The van der Waals surface area contributed by atoms with Crippen molar-refractivity contribution in [2.45, 2.75) is 37.5 Å². The van der Waals surface area contributed by atoms with Crippen molar-refractivity contribution in [1.29, 1.82) is 0 Å². The molecule has 0 saturated carbocycles. The quantitative estimate of drug-likeness (QED) is 0.684. The van der Waals surface area contributed by atoms with E-state index >= 15 is 0 Å². The van der Waals surface area contributed by atoms with Crippen LogP contribution in [0.3, 0.4) is 0 Å². The van der Waals surface area contributed by atoms with Gasteiger partial charge in [0.2, 0.25) is 10.0 Å². The van der Waals surface area contributed by atoms with Crippen LogP contribution in [0.5, 0.6) is 0 Å². The Kier molecular flexibility index (Phi) is 5.33. The lowest BCUT2D eigenvalue weighted by Gasteiger charge is -2.31. The Morgan fingerprint density at radius 1 is 1.14 bits per heavy atom. The maximum Gasteiger partial charge on any atom is 0.248 e. The molecule has 3 aromatic rings. The van der Waals surface area contributed by atoms with Crippen LogP contribution >= 0.6 is 0 Å². The molecular weight excluding hydrogens is 390 g/mol. The van der Waals surface area contributed by atoms with Gasteiger partial charge in [0.25, 0.3) is 0 Å². The zero-order valence-corrected chi connectivity index (χ0v) is 17.2. The van der Waals surface area contributed by atoms with Gasteiger partial charge in [-0.25, -0.2) is 18.4 Å². The van der Waals surface area contributed by atoms with Gasteiger partial charge in [-0.2, -0.15) is 4.31 Å². The minimum absolute atomic E-state index is 0.0180. The summed E-state index contributed by atoms with van der Waals surface area (Å²) in [5, 5.41) is 6.99. The van der Waals surface area contributed by atoms with Gasteiger partial charge in [0.05, 0.1) is 0 Å². The van der Waals surface area contributed by atoms with E-state index in [-0.39, 0.29) is 10.8 Å². The monoisotopic (exact) mass is 413 g/mol. The molecule has 0 unspecified atom stereocenters. The number of hydrogen-bond donors (Lipinski definition) is 1. The van der Waals surface area contributed by atoms with Gasteiger partial charge >= 0.3 is 0 Å². The zero-order valence-electron chi connectivity index (χ0n) is 16.4. The highest BCUT2D eigenvalue weighted by molar-refractivity contribution is 7.89. The first-order valence-electron chi connectivity index (χ1n) is 9.53. The van der Waals surface area contributed by atoms with Crippen molar-refractivity contribution in [3.8, 4) is 0 Å². The van der Waals surface area contributed by atoms with E-state index < -0.39 is 10.0 Å². The third-order valence-electron chi connectivity index (χ3n) is 5.06. The third-order valence-corrected chi connectivity index (χ3v) is 7.17. The van der Waals surface area contributed by atoms with Crippen LogP contribution in [0.4, 0.5) is 11.6 Å². The summed E-state index contributed by atoms with van der Waals surface area (Å²) in [7, 11) is -3.66. The molecule has 152 valence electrons. The van der Waals surface area contributed by atoms with E-state index in [2.05, 4.69) is 15.5 Å². The van der Waals surface area contributed by atoms with Crippen LogP contribution in [0, 0.1) is 13.8 Å². The molecule has 1 N–H and O–H groups in total. The van der Waals surface area contributed by atoms with Gasteiger partial charge in [0, 0.05) is 30.9 Å². The minimum Gasteiger partial charge on any atom is -0.360 e. The van der Waals surface area contributed by atoms with Gasteiger partial charge in [-0.15, -0.1) is 0 Å². The molecule has 0 spiro atoms. The fraction of sp³-hybridized carbons (Fsp3) is 0.350. The van der Waals surface area contributed by atoms with Crippen LogP contribution in [0.2, 0.25) is 0 Å². The Bertz CT molecular complexity index is 1080. The average molecular weight is 414 g/mol. The summed E-state index contributed by atoms with van der Waals surface area (Å²) >= 11 is 0. The molecule has 1 saturated heterocycles. The summed E-state index contributed by atoms with van der Waals surface area (Å²) in [6, 6.07) is 11.4. The van der Waals surface area contributed by atoms with Gasteiger partial charge in [-0.05, 0) is 51.0 Å². The Hall–Kier alpha value is -2.78. The highest BCUT2D eigenvalue weighted by atomic mass is 32.2. The Labute approximate surface area is 170 Å². The fourth-order valence-electron chi connectivity index (χ4n) is 3.69. The van der Waals surface area contributed by atoms with Crippen LogP contribution in [0.25, 0.3) is 0 Å². The zero-order chi connectivity index (χ0) is 20.4. The number of aryl methyl sites for hydroxylation is 2. The van der Waals surface area contributed by atoms with E-state index in [1.807, 2.05) is 36.4 Å². The Balaban J connectivity index is 1.55. The molecule has 4 rings (SSSR count). The van der Waals surface area contributed by atoms with Crippen molar-refractivity contribution in [3.63, 3.8) is 0 Å². The second-order valence-electron chi connectivity index (χ2n) is 7.14. The molecule has 0 bridgehead atoms. The number of anilines is 2. The molecule has 0 aliphatic carbocycles. The maximum atomic E-state index is 13.2. The summed E-state index contributed by atoms with van der Waals surface area (Å²) < 4.78 is 32.9. The number of piperidine rings is 1. The third kappa shape index (κ3) is 4.01. The van der Waals surface area contributed by atoms with E-state index in [0.29, 0.717) is 36.2 Å². The summed E-state index contributed by atoms with van der Waals surface area (Å²) in [6.07, 6.45) is 3.37. The van der Waals surface area contributed by atoms with Gasteiger partial charge in [-0.1, -0.05) is 17.3 Å². The molecule has 1 atom stereocenters. The van der Waals surface area contributed by atoms with Crippen molar-refractivity contribution < 1.29 is 12.9 Å². The van der Waals surface area contributed by atoms with E-state index in [1.165, 1.54) is 4.31 Å². The van der Waals surface area contributed by atoms with Crippen molar-refractivity contribution in [1.82, 2.24) is 19.4 Å². The minimum atomic E-state index is -3.66. The van der Waals surface area contributed by atoms with E-state index in [0.717, 1.165) is 18.5 Å². The molecule has 0 aromatic carbocycles. The van der Waals surface area contributed by atoms with Gasteiger partial charge < -0.3 is 9.84 Å². The van der Waals surface area contributed by atoms with Crippen LogP contribution < -0.4 is 5.32 Å². The predicted octanol–water partition coefficient (Wildman–Crippen LogP) is 3.39. The van der Waals surface area contributed by atoms with Crippen molar-refractivity contribution >= 4 is 21.7 Å². The molecule has 1 aliphatic rings. The molecule has 1 fully saturated rings. The van der Waals surface area contributed by atoms with E-state index in [1.54, 1.807) is 20.0 Å². The summed E-state index contributed by atoms with van der Waals surface area (Å²) in [5.41, 5.74) is 1.26. The first-order valence-corrected chi connectivity index (χ1v) is 11.0. The number of sulfonamides is 1. The summed E-state index contributed by atoms with van der Waals surface area (Å²) in [5.74, 6) is 1.74. The lowest BCUT2D eigenvalue weighted by Crippen LogP contribution is -2.39. The average Bonchev–Trinajstić information content (AvgIpc) is 3.08. The number of pyridine rings is 2. The lowest BCUT2D eigenvalue weighted by molar-refractivity contribution is 0.312. The number of nitrogens with zero attached hydrogens (tertiary/aromatic N) is 4. The summed E-state index contributed by atoms with van der Waals surface area (Å²) in [6.45, 7) is 4.14. The maximum absolute atomic E-state index is 13.2. The van der Waals surface area contributed by atoms with E-state index in [9.17, 15) is 8.42 Å². The lowest BCUT2D eigenvalue weighted by atomic mass is 9.95. The fourth-order valence-corrected chi connectivity index (χ4v) is 5.51. The SMILES string of the molecule is Cc1noc(C)c1S(=O)(=O)N1CCC[C@H](c2cccc(Nc3ccccn3)n2)C1. The van der Waals surface area contributed by atoms with E-state index in [4.69, 9.17) is 9.51 Å². The molecule has 29 heavy (non-hydrogen) atoms.